The molecule has 18 heavy (non-hydrogen) atoms. The highest BCUT2D eigenvalue weighted by Gasteiger charge is 2.25. The molecular formula is C13H23NO4. The van der Waals surface area contributed by atoms with Crippen LogP contribution in [0.25, 0.3) is 0 Å². The zero-order valence-corrected chi connectivity index (χ0v) is 11.4. The molecule has 1 aliphatic rings. The number of hydrogen-bond acceptors (Lipinski definition) is 4. The molecule has 5 nitrogen and oxygen atoms in total. The topological polar surface area (TPSA) is 66.8 Å². The molecule has 0 atom stereocenters. The van der Waals surface area contributed by atoms with Crippen LogP contribution < -0.4 is 0 Å². The maximum atomic E-state index is 11.7. The number of ether oxygens (including phenoxy) is 1. The first-order valence-electron chi connectivity index (χ1n) is 6.42. The third kappa shape index (κ3) is 6.00. The van der Waals surface area contributed by atoms with Crippen molar-refractivity contribution in [1.29, 1.82) is 0 Å². The molecule has 1 rings (SSSR count). The van der Waals surface area contributed by atoms with Crippen molar-refractivity contribution < 1.29 is 19.4 Å². The normalized spacial score (nSPS) is 18.6. The van der Waals surface area contributed by atoms with Crippen LogP contribution in [-0.2, 0) is 14.3 Å². The van der Waals surface area contributed by atoms with Gasteiger partial charge in [0.1, 0.15) is 5.60 Å². The third-order valence-electron chi connectivity index (χ3n) is 2.94. The van der Waals surface area contributed by atoms with E-state index in [1.54, 1.807) is 0 Å². The van der Waals surface area contributed by atoms with Crippen molar-refractivity contribution in [3.05, 3.63) is 0 Å². The maximum Gasteiger partial charge on any atom is 0.317 e. The van der Waals surface area contributed by atoms with Crippen molar-refractivity contribution in [3.63, 3.8) is 0 Å². The van der Waals surface area contributed by atoms with Crippen molar-refractivity contribution in [1.82, 2.24) is 4.90 Å². The smallest absolute Gasteiger partial charge is 0.317 e. The van der Waals surface area contributed by atoms with Crippen LogP contribution in [0.2, 0.25) is 0 Å². The van der Waals surface area contributed by atoms with E-state index in [9.17, 15) is 9.59 Å². The number of aliphatic carboxylic acids is 1. The molecule has 5 heteroatoms. The van der Waals surface area contributed by atoms with Gasteiger partial charge in [0.05, 0.1) is 6.54 Å². The first kappa shape index (κ1) is 15.0. The lowest BCUT2D eigenvalue weighted by atomic mass is 9.93. The van der Waals surface area contributed by atoms with Crippen LogP contribution in [0.3, 0.4) is 0 Å². The number of rotatable bonds is 4. The third-order valence-corrected chi connectivity index (χ3v) is 2.94. The first-order chi connectivity index (χ1) is 8.26. The Bertz CT molecular complexity index is 301. The van der Waals surface area contributed by atoms with Crippen LogP contribution in [-0.4, -0.2) is 47.2 Å². The molecule has 0 aromatic carbocycles. The van der Waals surface area contributed by atoms with E-state index >= 15 is 0 Å². The molecule has 104 valence electrons. The molecule has 0 aromatic rings. The molecule has 1 N–H and O–H groups in total. The fourth-order valence-corrected chi connectivity index (χ4v) is 2.16. The second kappa shape index (κ2) is 6.18. The van der Waals surface area contributed by atoms with Gasteiger partial charge in [-0.25, -0.2) is 0 Å². The van der Waals surface area contributed by atoms with Gasteiger partial charge in [0.2, 0.25) is 0 Å². The van der Waals surface area contributed by atoms with Crippen molar-refractivity contribution in [2.75, 3.05) is 19.6 Å². The van der Waals surface area contributed by atoms with Crippen molar-refractivity contribution >= 4 is 11.9 Å². The minimum absolute atomic E-state index is 0.0964. The number of hydrogen-bond donors (Lipinski definition) is 1. The summed E-state index contributed by atoms with van der Waals surface area (Å²) in [5.41, 5.74) is -0.429. The fraction of sp³-hybridized carbons (Fsp3) is 0.846. The first-order valence-corrected chi connectivity index (χ1v) is 6.42. The number of carboxylic acids is 1. The summed E-state index contributed by atoms with van der Waals surface area (Å²) < 4.78 is 5.29. The molecule has 0 amide bonds. The molecule has 0 aliphatic carbocycles. The Balaban J connectivity index is 2.27. The van der Waals surface area contributed by atoms with Crippen LogP contribution in [0.4, 0.5) is 0 Å². The molecule has 1 aliphatic heterocycles. The van der Waals surface area contributed by atoms with Crippen LogP contribution in [0, 0.1) is 5.92 Å². The van der Waals surface area contributed by atoms with Gasteiger partial charge in [-0.1, -0.05) is 0 Å². The van der Waals surface area contributed by atoms with Crippen LogP contribution in [0.1, 0.15) is 40.0 Å². The van der Waals surface area contributed by atoms with Gasteiger partial charge in [-0.05, 0) is 52.6 Å². The highest BCUT2D eigenvalue weighted by atomic mass is 16.6. The zero-order chi connectivity index (χ0) is 13.8. The predicted octanol–water partition coefficient (Wildman–Crippen LogP) is 1.51. The van der Waals surface area contributed by atoms with E-state index in [1.165, 1.54) is 0 Å². The van der Waals surface area contributed by atoms with Gasteiger partial charge in [-0.3, -0.25) is 14.5 Å². The van der Waals surface area contributed by atoms with Crippen molar-refractivity contribution in [2.45, 2.75) is 45.6 Å². The van der Waals surface area contributed by atoms with Crippen LogP contribution in [0.5, 0.6) is 0 Å². The van der Waals surface area contributed by atoms with Gasteiger partial charge in [-0.15, -0.1) is 0 Å². The molecule has 0 saturated carbocycles. The Hall–Kier alpha value is -1.10. The van der Waals surface area contributed by atoms with E-state index in [0.29, 0.717) is 12.3 Å². The van der Waals surface area contributed by atoms with Crippen molar-refractivity contribution in [2.24, 2.45) is 5.92 Å². The highest BCUT2D eigenvalue weighted by Crippen LogP contribution is 2.22. The van der Waals surface area contributed by atoms with E-state index in [1.807, 2.05) is 25.7 Å². The zero-order valence-electron chi connectivity index (χ0n) is 11.4. The van der Waals surface area contributed by atoms with Crippen LogP contribution >= 0.6 is 0 Å². The summed E-state index contributed by atoms with van der Waals surface area (Å²) in [5, 5.41) is 8.69. The molecule has 1 fully saturated rings. The van der Waals surface area contributed by atoms with Crippen molar-refractivity contribution in [3.8, 4) is 0 Å². The summed E-state index contributed by atoms with van der Waals surface area (Å²) >= 11 is 0. The molecule has 0 unspecified atom stereocenters. The second-order valence-electron chi connectivity index (χ2n) is 5.90. The molecule has 1 heterocycles. The Morgan fingerprint density at radius 2 is 1.83 bits per heavy atom. The average molecular weight is 257 g/mol. The molecule has 0 spiro atoms. The largest absolute Gasteiger partial charge is 0.480 e. The highest BCUT2D eigenvalue weighted by molar-refractivity contribution is 5.70. The van der Waals surface area contributed by atoms with Gasteiger partial charge < -0.3 is 9.84 Å². The Morgan fingerprint density at radius 1 is 1.28 bits per heavy atom. The van der Waals surface area contributed by atoms with E-state index in [4.69, 9.17) is 9.84 Å². The minimum atomic E-state index is -0.791. The number of carbonyl (C=O) groups excluding carboxylic acids is 1. The summed E-state index contributed by atoms with van der Waals surface area (Å²) in [7, 11) is 0. The number of carbonyl (C=O) groups is 2. The standard InChI is InChI=1S/C13H23NO4/c1-13(2,3)18-12(17)8-10-4-6-14(7-5-10)9-11(15)16/h10H,4-9H2,1-3H3,(H,15,16). The fourth-order valence-electron chi connectivity index (χ4n) is 2.16. The predicted molar refractivity (Wildman–Crippen MR) is 67.3 cm³/mol. The summed E-state index contributed by atoms with van der Waals surface area (Å²) in [6.07, 6.45) is 2.18. The van der Waals surface area contributed by atoms with Crippen LogP contribution in [0.15, 0.2) is 0 Å². The monoisotopic (exact) mass is 257 g/mol. The van der Waals surface area contributed by atoms with E-state index in [0.717, 1.165) is 25.9 Å². The Morgan fingerprint density at radius 3 is 2.28 bits per heavy atom. The summed E-state index contributed by atoms with van der Waals surface area (Å²) in [6, 6.07) is 0. The lowest BCUT2D eigenvalue weighted by Crippen LogP contribution is -2.38. The van der Waals surface area contributed by atoms with Gasteiger partial charge in [0.15, 0.2) is 0 Å². The Labute approximate surface area is 108 Å². The number of piperidine rings is 1. The quantitative estimate of drug-likeness (QED) is 0.773. The lowest BCUT2D eigenvalue weighted by Gasteiger charge is -2.30. The maximum absolute atomic E-state index is 11.7. The van der Waals surface area contributed by atoms with Gasteiger partial charge in [-0.2, -0.15) is 0 Å². The molecule has 0 radical (unpaired) electrons. The summed E-state index contributed by atoms with van der Waals surface area (Å²) in [6.45, 7) is 7.18. The molecule has 1 saturated heterocycles. The lowest BCUT2D eigenvalue weighted by molar-refractivity contribution is -0.156. The molecule has 0 bridgehead atoms. The molecular weight excluding hydrogens is 234 g/mol. The van der Waals surface area contributed by atoms with Gasteiger partial charge in [0.25, 0.3) is 0 Å². The summed E-state index contributed by atoms with van der Waals surface area (Å²) in [5.74, 6) is -0.621. The SMILES string of the molecule is CC(C)(C)OC(=O)CC1CCN(CC(=O)O)CC1. The van der Waals surface area contributed by atoms with E-state index in [-0.39, 0.29) is 12.5 Å². The summed E-state index contributed by atoms with van der Waals surface area (Å²) in [4.78, 5) is 24.1. The van der Waals surface area contributed by atoms with Gasteiger partial charge in [0, 0.05) is 6.42 Å². The van der Waals surface area contributed by atoms with Gasteiger partial charge >= 0.3 is 11.9 Å². The van der Waals surface area contributed by atoms with E-state index in [2.05, 4.69) is 0 Å². The Kier molecular flexibility index (Phi) is 5.14. The number of esters is 1. The minimum Gasteiger partial charge on any atom is -0.480 e. The number of nitrogens with zero attached hydrogens (tertiary/aromatic N) is 1. The van der Waals surface area contributed by atoms with E-state index < -0.39 is 11.6 Å². The number of carboxylic acid groups (broad SMARTS) is 1. The molecule has 0 aromatic heterocycles. The average Bonchev–Trinajstić information content (AvgIpc) is 2.17. The second-order valence-corrected chi connectivity index (χ2v) is 5.90. The number of likely N-dealkylation sites (tertiary alicyclic amines) is 1.